The van der Waals surface area contributed by atoms with Gasteiger partial charge in [-0.2, -0.15) is 0 Å². The molecule has 0 saturated carbocycles. The lowest BCUT2D eigenvalue weighted by molar-refractivity contribution is -0.119. The van der Waals surface area contributed by atoms with Crippen molar-refractivity contribution in [1.29, 1.82) is 0 Å². The van der Waals surface area contributed by atoms with Crippen molar-refractivity contribution in [3.8, 4) is 5.75 Å². The zero-order chi connectivity index (χ0) is 28.3. The molecule has 2 N–H and O–H groups in total. The van der Waals surface area contributed by atoms with Crippen LogP contribution >= 0.6 is 34.5 Å². The Morgan fingerprint density at radius 3 is 2.44 bits per heavy atom. The molecule has 3 aromatic carbocycles. The minimum Gasteiger partial charge on any atom is -0.494 e. The van der Waals surface area contributed by atoms with E-state index in [0.717, 1.165) is 33.5 Å². The monoisotopic (exact) mass is 607 g/mol. The number of thiazole rings is 1. The van der Waals surface area contributed by atoms with Gasteiger partial charge in [-0.05, 0) is 74.4 Å². The van der Waals surface area contributed by atoms with E-state index in [0.29, 0.717) is 17.5 Å². The molecular weight excluding hydrogens is 585 g/mol. The molecule has 0 atom stereocenters. The highest BCUT2D eigenvalue weighted by molar-refractivity contribution is 7.92. The molecule has 1 aromatic heterocycles. The van der Waals surface area contributed by atoms with Crippen LogP contribution in [-0.2, 0) is 19.6 Å². The molecule has 0 spiro atoms. The predicted octanol–water partition coefficient (Wildman–Crippen LogP) is 6.21. The lowest BCUT2D eigenvalue weighted by atomic mass is 10.1. The Balaban J connectivity index is 1.45. The van der Waals surface area contributed by atoms with Crippen LogP contribution in [0.1, 0.15) is 28.4 Å². The highest BCUT2D eigenvalue weighted by atomic mass is 35.5. The maximum absolute atomic E-state index is 13.0. The fraction of sp³-hybridized carbons (Fsp3) is 0.192. The Morgan fingerprint density at radius 1 is 1.03 bits per heavy atom. The quantitative estimate of drug-likeness (QED) is 0.217. The fourth-order valence-corrected chi connectivity index (χ4v) is 6.64. The van der Waals surface area contributed by atoms with Gasteiger partial charge in [0.25, 0.3) is 15.9 Å². The summed E-state index contributed by atoms with van der Waals surface area (Å²) >= 11 is 13.6. The van der Waals surface area contributed by atoms with Crippen LogP contribution in [0.2, 0.25) is 10.0 Å². The van der Waals surface area contributed by atoms with Gasteiger partial charge in [0.15, 0.2) is 11.7 Å². The van der Waals surface area contributed by atoms with E-state index in [4.69, 9.17) is 32.7 Å². The van der Waals surface area contributed by atoms with Gasteiger partial charge >= 0.3 is 5.97 Å². The number of ether oxygens (including phenoxy) is 2. The second kappa shape index (κ2) is 11.8. The molecule has 0 fully saturated rings. The summed E-state index contributed by atoms with van der Waals surface area (Å²) in [6.07, 6.45) is 0. The van der Waals surface area contributed by atoms with E-state index < -0.39 is 28.5 Å². The first-order chi connectivity index (χ1) is 18.5. The number of sulfonamides is 1. The first kappa shape index (κ1) is 28.6. The highest BCUT2D eigenvalue weighted by Gasteiger charge is 2.24. The van der Waals surface area contributed by atoms with Gasteiger partial charge in [-0.3, -0.25) is 14.8 Å². The molecule has 4 aromatic rings. The molecule has 0 radical (unpaired) electrons. The summed E-state index contributed by atoms with van der Waals surface area (Å²) in [7, 11) is -4.21. The Kier molecular flexibility index (Phi) is 8.65. The van der Waals surface area contributed by atoms with Crippen molar-refractivity contribution in [3.63, 3.8) is 0 Å². The van der Waals surface area contributed by atoms with Crippen molar-refractivity contribution in [1.82, 2.24) is 4.98 Å². The average molecular weight is 609 g/mol. The van der Waals surface area contributed by atoms with Crippen molar-refractivity contribution < 1.29 is 27.5 Å². The number of esters is 1. The third-order valence-corrected chi connectivity index (χ3v) is 8.44. The van der Waals surface area contributed by atoms with Gasteiger partial charge in [0.2, 0.25) is 0 Å². The SMILES string of the molecule is CCOc1ccc(NS(=O)(=O)c2cc(C(=O)OCC(=O)Nc3nc4c(C)cc(C)cc4s3)c(Cl)cc2Cl)cc1. The summed E-state index contributed by atoms with van der Waals surface area (Å²) in [5.74, 6) is -1.04. The number of halogens is 2. The molecule has 0 saturated heterocycles. The molecule has 4 rings (SSSR count). The summed E-state index contributed by atoms with van der Waals surface area (Å²) < 4.78 is 39.8. The van der Waals surface area contributed by atoms with E-state index in [1.165, 1.54) is 23.5 Å². The fourth-order valence-electron chi connectivity index (χ4n) is 3.68. The predicted molar refractivity (Wildman–Crippen MR) is 153 cm³/mol. The number of nitrogens with zero attached hydrogens (tertiary/aromatic N) is 1. The van der Waals surface area contributed by atoms with Crippen LogP contribution in [0.5, 0.6) is 5.75 Å². The minimum atomic E-state index is -4.21. The van der Waals surface area contributed by atoms with E-state index in [1.807, 2.05) is 32.9 Å². The van der Waals surface area contributed by atoms with Crippen LogP contribution in [0.4, 0.5) is 10.8 Å². The van der Waals surface area contributed by atoms with Crippen molar-refractivity contribution >= 4 is 77.5 Å². The van der Waals surface area contributed by atoms with Crippen molar-refractivity contribution in [3.05, 3.63) is 75.3 Å². The van der Waals surface area contributed by atoms with E-state index in [-0.39, 0.29) is 26.2 Å². The number of carbonyl (C=O) groups excluding carboxylic acids is 2. The van der Waals surface area contributed by atoms with E-state index in [9.17, 15) is 18.0 Å². The number of hydrogen-bond donors (Lipinski definition) is 2. The Hall–Kier alpha value is -3.38. The van der Waals surface area contributed by atoms with Gasteiger partial charge in [0, 0.05) is 5.69 Å². The number of aromatic nitrogens is 1. The van der Waals surface area contributed by atoms with Gasteiger partial charge in [-0.15, -0.1) is 0 Å². The average Bonchev–Trinajstić information content (AvgIpc) is 3.26. The van der Waals surface area contributed by atoms with E-state index in [2.05, 4.69) is 15.0 Å². The van der Waals surface area contributed by atoms with E-state index >= 15 is 0 Å². The van der Waals surface area contributed by atoms with Crippen molar-refractivity contribution in [2.24, 2.45) is 0 Å². The standard InChI is InChI=1S/C26H23Cl2N3O6S2/c1-4-36-17-7-5-16(6-8-17)31-39(34,35)22-11-18(19(27)12-20(22)28)25(33)37-13-23(32)29-26-30-24-15(3)9-14(2)10-21(24)38-26/h5-12,31H,4,13H2,1-3H3,(H,29,30,32). The Bertz CT molecular complexity index is 1670. The molecule has 39 heavy (non-hydrogen) atoms. The molecule has 9 nitrogen and oxygen atoms in total. The molecular formula is C26H23Cl2N3O6S2. The molecule has 0 bridgehead atoms. The Morgan fingerprint density at radius 2 is 1.74 bits per heavy atom. The number of carbonyl (C=O) groups is 2. The number of rotatable bonds is 9. The molecule has 1 amide bonds. The van der Waals surface area contributed by atoms with Crippen LogP contribution in [0.15, 0.2) is 53.4 Å². The molecule has 0 aliphatic carbocycles. The second-order valence-corrected chi connectivity index (χ2v) is 11.9. The summed E-state index contributed by atoms with van der Waals surface area (Å²) in [5.41, 5.74) is 2.82. The maximum atomic E-state index is 13.0. The zero-order valence-corrected chi connectivity index (χ0v) is 24.1. The van der Waals surface area contributed by atoms with Crippen LogP contribution in [0, 0.1) is 13.8 Å². The number of hydrogen-bond acceptors (Lipinski definition) is 8. The normalized spacial score (nSPS) is 11.3. The highest BCUT2D eigenvalue weighted by Crippen LogP contribution is 2.31. The lowest BCUT2D eigenvalue weighted by Crippen LogP contribution is -2.21. The molecule has 13 heteroatoms. The van der Waals surface area contributed by atoms with Gasteiger partial charge in [0.1, 0.15) is 10.6 Å². The number of nitrogens with one attached hydrogen (secondary N) is 2. The molecule has 0 aliphatic heterocycles. The first-order valence-corrected chi connectivity index (χ1v) is 14.6. The van der Waals surface area contributed by atoms with Gasteiger partial charge < -0.3 is 9.47 Å². The second-order valence-electron chi connectivity index (χ2n) is 8.40. The van der Waals surface area contributed by atoms with Crippen LogP contribution in [-0.4, -0.2) is 38.5 Å². The summed E-state index contributed by atoms with van der Waals surface area (Å²) in [4.78, 5) is 29.2. The van der Waals surface area contributed by atoms with Gasteiger partial charge in [-0.1, -0.05) is 40.6 Å². The third kappa shape index (κ3) is 6.80. The van der Waals surface area contributed by atoms with Crippen LogP contribution in [0.25, 0.3) is 10.2 Å². The van der Waals surface area contributed by atoms with Crippen molar-refractivity contribution in [2.45, 2.75) is 25.7 Å². The largest absolute Gasteiger partial charge is 0.494 e. The smallest absolute Gasteiger partial charge is 0.340 e. The lowest BCUT2D eigenvalue weighted by Gasteiger charge is -2.13. The van der Waals surface area contributed by atoms with E-state index in [1.54, 1.807) is 12.1 Å². The topological polar surface area (TPSA) is 124 Å². The summed E-state index contributed by atoms with van der Waals surface area (Å²) in [6, 6.07) is 12.3. The number of benzene rings is 3. The van der Waals surface area contributed by atoms with Crippen LogP contribution < -0.4 is 14.8 Å². The molecule has 1 heterocycles. The first-order valence-electron chi connectivity index (χ1n) is 11.6. The number of aryl methyl sites for hydroxylation is 2. The molecule has 204 valence electrons. The third-order valence-electron chi connectivity index (χ3n) is 5.36. The minimum absolute atomic E-state index is 0.137. The Labute approximate surface area is 239 Å². The summed E-state index contributed by atoms with van der Waals surface area (Å²) in [6.45, 7) is 5.56. The number of amides is 1. The van der Waals surface area contributed by atoms with Gasteiger partial charge in [0.05, 0.1) is 32.4 Å². The van der Waals surface area contributed by atoms with Gasteiger partial charge in [-0.25, -0.2) is 18.2 Å². The maximum Gasteiger partial charge on any atom is 0.340 e. The number of fused-ring (bicyclic) bond motifs is 1. The van der Waals surface area contributed by atoms with Crippen LogP contribution in [0.3, 0.4) is 0 Å². The number of anilines is 2. The molecule has 0 unspecified atom stereocenters. The zero-order valence-electron chi connectivity index (χ0n) is 21.0. The van der Waals surface area contributed by atoms with Crippen molar-refractivity contribution in [2.75, 3.05) is 23.3 Å². The molecule has 0 aliphatic rings. The summed E-state index contributed by atoms with van der Waals surface area (Å²) in [5, 5.41) is 2.63.